The molecule has 0 spiro atoms. The quantitative estimate of drug-likeness (QED) is 0.569. The zero-order valence-electron chi connectivity index (χ0n) is 7.92. The Morgan fingerprint density at radius 1 is 1.45 bits per heavy atom. The Morgan fingerprint density at radius 2 is 2.00 bits per heavy atom. The van der Waals surface area contributed by atoms with E-state index < -0.39 is 0 Å². The van der Waals surface area contributed by atoms with Crippen molar-refractivity contribution in [2.45, 2.75) is 34.1 Å². The van der Waals surface area contributed by atoms with E-state index in [0.717, 1.165) is 6.42 Å². The van der Waals surface area contributed by atoms with Crippen LogP contribution in [0.1, 0.15) is 34.1 Å². The van der Waals surface area contributed by atoms with Crippen molar-refractivity contribution in [3.05, 3.63) is 12.2 Å². The smallest absolute Gasteiger partial charge is 0.152 e. The highest BCUT2D eigenvalue weighted by atomic mass is 16.1. The first-order chi connectivity index (χ1) is 5.07. The average molecular weight is 154 g/mol. The largest absolute Gasteiger partial charge is 0.295 e. The van der Waals surface area contributed by atoms with Crippen LogP contribution in [0.2, 0.25) is 0 Å². The van der Waals surface area contributed by atoms with Crippen molar-refractivity contribution in [1.29, 1.82) is 0 Å². The molecule has 0 N–H and O–H groups in total. The number of allylic oxidation sites excluding steroid dienone is 2. The number of hydrogen-bond acceptors (Lipinski definition) is 1. The summed E-state index contributed by atoms with van der Waals surface area (Å²) in [6, 6.07) is 0. The van der Waals surface area contributed by atoms with Crippen LogP contribution in [0.15, 0.2) is 12.2 Å². The molecule has 1 heteroatoms. The summed E-state index contributed by atoms with van der Waals surface area (Å²) in [6.45, 7) is 8.09. The summed E-state index contributed by atoms with van der Waals surface area (Å²) >= 11 is 0. The van der Waals surface area contributed by atoms with E-state index >= 15 is 0 Å². The van der Waals surface area contributed by atoms with Gasteiger partial charge < -0.3 is 0 Å². The Bertz CT molecular complexity index is 145. The molecule has 0 aromatic rings. The Morgan fingerprint density at radius 3 is 2.27 bits per heavy atom. The number of rotatable bonds is 4. The van der Waals surface area contributed by atoms with Crippen LogP contribution >= 0.6 is 0 Å². The SMILES string of the molecule is CC[C@@H](/C=C/C(C)=O)C(C)C. The summed E-state index contributed by atoms with van der Waals surface area (Å²) in [5.74, 6) is 1.33. The summed E-state index contributed by atoms with van der Waals surface area (Å²) in [4.78, 5) is 10.6. The van der Waals surface area contributed by atoms with Crippen molar-refractivity contribution in [2.24, 2.45) is 11.8 Å². The molecular formula is C10H18O. The predicted octanol–water partition coefficient (Wildman–Crippen LogP) is 2.81. The van der Waals surface area contributed by atoms with E-state index in [2.05, 4.69) is 20.8 Å². The molecular weight excluding hydrogens is 136 g/mol. The van der Waals surface area contributed by atoms with Gasteiger partial charge in [0.2, 0.25) is 0 Å². The second-order valence-corrected chi connectivity index (χ2v) is 3.29. The summed E-state index contributed by atoms with van der Waals surface area (Å²) in [6.07, 6.45) is 4.81. The van der Waals surface area contributed by atoms with Crippen LogP contribution < -0.4 is 0 Å². The van der Waals surface area contributed by atoms with Crippen LogP contribution in [0, 0.1) is 11.8 Å². The molecule has 0 aromatic carbocycles. The van der Waals surface area contributed by atoms with E-state index in [1.807, 2.05) is 6.08 Å². The first-order valence-corrected chi connectivity index (χ1v) is 4.26. The third kappa shape index (κ3) is 4.77. The maximum absolute atomic E-state index is 10.6. The Kier molecular flexibility index (Phi) is 4.84. The van der Waals surface area contributed by atoms with Gasteiger partial charge in [0.25, 0.3) is 0 Å². The lowest BCUT2D eigenvalue weighted by Gasteiger charge is -2.13. The van der Waals surface area contributed by atoms with Gasteiger partial charge in [0.05, 0.1) is 0 Å². The second-order valence-electron chi connectivity index (χ2n) is 3.29. The highest BCUT2D eigenvalue weighted by molar-refractivity contribution is 5.87. The van der Waals surface area contributed by atoms with Crippen LogP contribution in [0.25, 0.3) is 0 Å². The maximum Gasteiger partial charge on any atom is 0.152 e. The number of ketones is 1. The van der Waals surface area contributed by atoms with E-state index in [4.69, 9.17) is 0 Å². The Hall–Kier alpha value is -0.590. The molecule has 11 heavy (non-hydrogen) atoms. The lowest BCUT2D eigenvalue weighted by Crippen LogP contribution is -2.03. The van der Waals surface area contributed by atoms with Gasteiger partial charge >= 0.3 is 0 Å². The molecule has 0 radical (unpaired) electrons. The van der Waals surface area contributed by atoms with Gasteiger partial charge in [-0.2, -0.15) is 0 Å². The van der Waals surface area contributed by atoms with E-state index in [-0.39, 0.29) is 5.78 Å². The first-order valence-electron chi connectivity index (χ1n) is 4.26. The summed E-state index contributed by atoms with van der Waals surface area (Å²) in [5.41, 5.74) is 0. The van der Waals surface area contributed by atoms with Crippen LogP contribution in [-0.2, 0) is 4.79 Å². The van der Waals surface area contributed by atoms with Crippen molar-refractivity contribution in [2.75, 3.05) is 0 Å². The van der Waals surface area contributed by atoms with Crippen molar-refractivity contribution in [1.82, 2.24) is 0 Å². The fourth-order valence-corrected chi connectivity index (χ4v) is 1.09. The normalized spacial score (nSPS) is 14.3. The molecule has 0 aliphatic carbocycles. The van der Waals surface area contributed by atoms with E-state index in [1.165, 1.54) is 0 Å². The first kappa shape index (κ1) is 10.4. The molecule has 0 saturated carbocycles. The van der Waals surface area contributed by atoms with Gasteiger partial charge in [0.15, 0.2) is 5.78 Å². The summed E-state index contributed by atoms with van der Waals surface area (Å²) in [7, 11) is 0. The van der Waals surface area contributed by atoms with Gasteiger partial charge in [-0.05, 0) is 31.3 Å². The van der Waals surface area contributed by atoms with Crippen molar-refractivity contribution >= 4 is 5.78 Å². The van der Waals surface area contributed by atoms with Crippen molar-refractivity contribution in [3.63, 3.8) is 0 Å². The molecule has 0 amide bonds. The highest BCUT2D eigenvalue weighted by Gasteiger charge is 2.05. The third-order valence-electron chi connectivity index (χ3n) is 1.91. The molecule has 0 aliphatic rings. The monoisotopic (exact) mass is 154 g/mol. The molecule has 0 fully saturated rings. The second kappa shape index (κ2) is 5.11. The minimum atomic E-state index is 0.143. The van der Waals surface area contributed by atoms with Gasteiger partial charge in [-0.15, -0.1) is 0 Å². The van der Waals surface area contributed by atoms with Crippen LogP contribution in [-0.4, -0.2) is 5.78 Å². The third-order valence-corrected chi connectivity index (χ3v) is 1.91. The van der Waals surface area contributed by atoms with Crippen molar-refractivity contribution < 1.29 is 4.79 Å². The minimum Gasteiger partial charge on any atom is -0.295 e. The molecule has 0 bridgehead atoms. The van der Waals surface area contributed by atoms with Crippen LogP contribution in [0.3, 0.4) is 0 Å². The van der Waals surface area contributed by atoms with Crippen LogP contribution in [0.4, 0.5) is 0 Å². The summed E-state index contributed by atoms with van der Waals surface area (Å²) < 4.78 is 0. The van der Waals surface area contributed by atoms with Crippen LogP contribution in [0.5, 0.6) is 0 Å². The average Bonchev–Trinajstić information content (AvgIpc) is 1.87. The van der Waals surface area contributed by atoms with Gasteiger partial charge in [-0.1, -0.05) is 26.8 Å². The van der Waals surface area contributed by atoms with E-state index in [1.54, 1.807) is 13.0 Å². The summed E-state index contributed by atoms with van der Waals surface area (Å²) in [5, 5.41) is 0. The van der Waals surface area contributed by atoms with Gasteiger partial charge in [-0.25, -0.2) is 0 Å². The topological polar surface area (TPSA) is 17.1 Å². The molecule has 0 saturated heterocycles. The van der Waals surface area contributed by atoms with Gasteiger partial charge in [-0.3, -0.25) is 4.79 Å². The fourth-order valence-electron chi connectivity index (χ4n) is 1.09. The number of hydrogen-bond donors (Lipinski definition) is 0. The van der Waals surface area contributed by atoms with Gasteiger partial charge in [0.1, 0.15) is 0 Å². The lowest BCUT2D eigenvalue weighted by molar-refractivity contribution is -0.112. The fraction of sp³-hybridized carbons (Fsp3) is 0.700. The molecule has 64 valence electrons. The molecule has 0 unspecified atom stereocenters. The molecule has 0 aliphatic heterocycles. The minimum absolute atomic E-state index is 0.143. The van der Waals surface area contributed by atoms with Gasteiger partial charge in [0, 0.05) is 0 Å². The van der Waals surface area contributed by atoms with E-state index in [9.17, 15) is 4.79 Å². The lowest BCUT2D eigenvalue weighted by atomic mass is 9.93. The number of carbonyl (C=O) groups excluding carboxylic acids is 1. The Labute approximate surface area is 69.5 Å². The molecule has 0 aromatic heterocycles. The van der Waals surface area contributed by atoms with E-state index in [0.29, 0.717) is 11.8 Å². The number of carbonyl (C=O) groups is 1. The predicted molar refractivity (Wildman–Crippen MR) is 48.4 cm³/mol. The zero-order valence-corrected chi connectivity index (χ0v) is 7.92. The zero-order chi connectivity index (χ0) is 8.85. The molecule has 1 atom stereocenters. The standard InChI is InChI=1S/C10H18O/c1-5-10(8(2)3)7-6-9(4)11/h6-8,10H,5H2,1-4H3/b7-6+/t10-/m0/s1. The van der Waals surface area contributed by atoms with Crippen molar-refractivity contribution in [3.8, 4) is 0 Å². The Balaban J connectivity index is 3.97. The molecule has 0 rings (SSSR count). The maximum atomic E-state index is 10.6. The molecule has 0 heterocycles. The highest BCUT2D eigenvalue weighted by Crippen LogP contribution is 2.15. The molecule has 1 nitrogen and oxygen atoms in total.